The molecule has 0 spiro atoms. The van der Waals surface area contributed by atoms with Crippen LogP contribution in [0.4, 0.5) is 17.6 Å². The van der Waals surface area contributed by atoms with Crippen LogP contribution in [0.2, 0.25) is 0 Å². The third-order valence-corrected chi connectivity index (χ3v) is 6.95. The second-order valence-electron chi connectivity index (χ2n) is 8.88. The van der Waals surface area contributed by atoms with Gasteiger partial charge in [0.1, 0.15) is 22.9 Å². The number of rotatable bonds is 6. The van der Waals surface area contributed by atoms with Crippen LogP contribution in [-0.2, 0) is 23.0 Å². The van der Waals surface area contributed by atoms with Crippen LogP contribution in [0.1, 0.15) is 31.4 Å². The van der Waals surface area contributed by atoms with Crippen molar-refractivity contribution >= 4 is 10.0 Å². The summed E-state index contributed by atoms with van der Waals surface area (Å²) in [5.74, 6) is -0.458. The summed E-state index contributed by atoms with van der Waals surface area (Å²) in [6.07, 6.45) is -3.43. The highest BCUT2D eigenvalue weighted by Crippen LogP contribution is 2.34. The Hall–Kier alpha value is -3.11. The number of ether oxygens (including phenoxy) is 2. The fourth-order valence-electron chi connectivity index (χ4n) is 3.86. The largest absolute Gasteiger partial charge is 0.573 e. The molecule has 0 atom stereocenters. The molecule has 1 aliphatic heterocycles. The van der Waals surface area contributed by atoms with Gasteiger partial charge < -0.3 is 9.47 Å². The van der Waals surface area contributed by atoms with Crippen molar-refractivity contribution in [2.24, 2.45) is 0 Å². The van der Waals surface area contributed by atoms with Crippen molar-refractivity contribution < 1.29 is 35.5 Å². The maximum atomic E-state index is 14.3. The summed E-state index contributed by atoms with van der Waals surface area (Å²) in [5.41, 5.74) is 1.34. The van der Waals surface area contributed by atoms with E-state index in [0.717, 1.165) is 36.2 Å². The molecule has 4 rings (SSSR count). The molecule has 3 aromatic carbocycles. The number of alkyl halides is 3. The molecule has 0 saturated heterocycles. The standard InChI is InChI=1S/C25H23F4NO4S/c1-24(2)9-8-18-14-22(6-7-23(18)34-24)35(31,32)30-15-16-10-19(12-20(26)11-16)17-4-3-5-21(13-17)33-25(27,28)29/h3-7,10-14,30H,8-9,15H2,1-2H3. The molecule has 0 saturated carbocycles. The molecule has 35 heavy (non-hydrogen) atoms. The molecule has 5 nitrogen and oxygen atoms in total. The monoisotopic (exact) mass is 509 g/mol. The van der Waals surface area contributed by atoms with Gasteiger partial charge in [-0.2, -0.15) is 0 Å². The first-order chi connectivity index (χ1) is 16.3. The molecule has 0 amide bonds. The minimum atomic E-state index is -4.86. The van der Waals surface area contributed by atoms with Crippen molar-refractivity contribution in [1.29, 1.82) is 0 Å². The van der Waals surface area contributed by atoms with Crippen molar-refractivity contribution in [2.45, 2.75) is 50.1 Å². The number of fused-ring (bicyclic) bond motifs is 1. The fraction of sp³-hybridized carbons (Fsp3) is 0.280. The third-order valence-electron chi connectivity index (χ3n) is 5.55. The average Bonchev–Trinajstić information content (AvgIpc) is 2.75. The number of benzene rings is 3. The van der Waals surface area contributed by atoms with Crippen LogP contribution in [0, 0.1) is 5.82 Å². The summed E-state index contributed by atoms with van der Waals surface area (Å²) in [6, 6.07) is 13.6. The second-order valence-corrected chi connectivity index (χ2v) is 10.6. The van der Waals surface area contributed by atoms with Gasteiger partial charge in [-0.3, -0.25) is 0 Å². The zero-order valence-corrected chi connectivity index (χ0v) is 19.8. The summed E-state index contributed by atoms with van der Waals surface area (Å²) in [5, 5.41) is 0. The van der Waals surface area contributed by atoms with Gasteiger partial charge in [-0.15, -0.1) is 13.2 Å². The lowest BCUT2D eigenvalue weighted by Gasteiger charge is -2.32. The van der Waals surface area contributed by atoms with Crippen LogP contribution >= 0.6 is 0 Å². The molecule has 0 aromatic heterocycles. The lowest BCUT2D eigenvalue weighted by molar-refractivity contribution is -0.274. The maximum Gasteiger partial charge on any atom is 0.573 e. The third kappa shape index (κ3) is 6.32. The smallest absolute Gasteiger partial charge is 0.488 e. The van der Waals surface area contributed by atoms with E-state index < -0.39 is 28.0 Å². The van der Waals surface area contributed by atoms with Crippen molar-refractivity contribution in [1.82, 2.24) is 4.72 Å². The van der Waals surface area contributed by atoms with Crippen molar-refractivity contribution in [2.75, 3.05) is 0 Å². The summed E-state index contributed by atoms with van der Waals surface area (Å²) >= 11 is 0. The first-order valence-corrected chi connectivity index (χ1v) is 12.3. The highest BCUT2D eigenvalue weighted by Gasteiger charge is 2.31. The Morgan fingerprint density at radius 1 is 1.03 bits per heavy atom. The molecule has 0 unspecified atom stereocenters. The highest BCUT2D eigenvalue weighted by atomic mass is 32.2. The van der Waals surface area contributed by atoms with E-state index in [4.69, 9.17) is 4.74 Å². The normalized spacial score (nSPS) is 15.3. The van der Waals surface area contributed by atoms with Crippen LogP contribution in [-0.4, -0.2) is 20.4 Å². The highest BCUT2D eigenvalue weighted by molar-refractivity contribution is 7.89. The Balaban J connectivity index is 1.52. The van der Waals surface area contributed by atoms with Gasteiger partial charge >= 0.3 is 6.36 Å². The first kappa shape index (κ1) is 25.0. The molecule has 1 aliphatic rings. The molecule has 0 bridgehead atoms. The van der Waals surface area contributed by atoms with E-state index in [1.165, 1.54) is 24.3 Å². The van der Waals surface area contributed by atoms with Crippen LogP contribution < -0.4 is 14.2 Å². The van der Waals surface area contributed by atoms with Gasteiger partial charge in [0.25, 0.3) is 0 Å². The Morgan fingerprint density at radius 2 is 1.80 bits per heavy atom. The molecule has 0 fully saturated rings. The zero-order valence-electron chi connectivity index (χ0n) is 18.9. The van der Waals surface area contributed by atoms with Crippen LogP contribution in [0.5, 0.6) is 11.5 Å². The number of aryl methyl sites for hydroxylation is 1. The molecular formula is C25H23F4NO4S. The topological polar surface area (TPSA) is 64.6 Å². The average molecular weight is 510 g/mol. The van der Waals surface area contributed by atoms with E-state index in [2.05, 4.69) is 9.46 Å². The number of nitrogens with one attached hydrogen (secondary N) is 1. The quantitative estimate of drug-likeness (QED) is 0.416. The van der Waals surface area contributed by atoms with Crippen molar-refractivity contribution in [3.05, 3.63) is 77.6 Å². The van der Waals surface area contributed by atoms with Crippen LogP contribution in [0.25, 0.3) is 11.1 Å². The Labute approximate surface area is 200 Å². The van der Waals surface area contributed by atoms with Gasteiger partial charge in [0.15, 0.2) is 0 Å². The molecule has 1 N–H and O–H groups in total. The lowest BCUT2D eigenvalue weighted by Crippen LogP contribution is -2.32. The number of hydrogen-bond acceptors (Lipinski definition) is 4. The minimum Gasteiger partial charge on any atom is -0.488 e. The van der Waals surface area contributed by atoms with Gasteiger partial charge in [-0.05, 0) is 97.5 Å². The van der Waals surface area contributed by atoms with Gasteiger partial charge in [-0.25, -0.2) is 17.5 Å². The van der Waals surface area contributed by atoms with E-state index >= 15 is 0 Å². The molecule has 186 valence electrons. The van der Waals surface area contributed by atoms with E-state index in [-0.39, 0.29) is 28.2 Å². The van der Waals surface area contributed by atoms with Gasteiger partial charge in [0.05, 0.1) is 4.90 Å². The molecule has 0 aliphatic carbocycles. The van der Waals surface area contributed by atoms with Gasteiger partial charge in [0.2, 0.25) is 10.0 Å². The first-order valence-electron chi connectivity index (χ1n) is 10.8. The summed E-state index contributed by atoms with van der Waals surface area (Å²) in [7, 11) is -3.91. The SMILES string of the molecule is CC1(C)CCc2cc(S(=O)(=O)NCc3cc(F)cc(-c4cccc(OC(F)(F)F)c4)c3)ccc2O1. The van der Waals surface area contributed by atoms with E-state index in [9.17, 15) is 26.0 Å². The van der Waals surface area contributed by atoms with Gasteiger partial charge in [-0.1, -0.05) is 12.1 Å². The Kier molecular flexibility index (Phi) is 6.54. The predicted octanol–water partition coefficient (Wildman–Crippen LogP) is 5.97. The fourth-order valence-corrected chi connectivity index (χ4v) is 4.92. The summed E-state index contributed by atoms with van der Waals surface area (Å²) < 4.78 is 89.9. The number of halogens is 4. The summed E-state index contributed by atoms with van der Waals surface area (Å²) in [6.45, 7) is 3.72. The molecular weight excluding hydrogens is 486 g/mol. The maximum absolute atomic E-state index is 14.3. The van der Waals surface area contributed by atoms with E-state index in [0.29, 0.717) is 17.7 Å². The predicted molar refractivity (Wildman–Crippen MR) is 122 cm³/mol. The minimum absolute atomic E-state index is 0.0631. The number of hydrogen-bond donors (Lipinski definition) is 1. The molecule has 10 heteroatoms. The van der Waals surface area contributed by atoms with Crippen molar-refractivity contribution in [3.8, 4) is 22.6 Å². The Bertz CT molecular complexity index is 1350. The second kappa shape index (κ2) is 9.16. The van der Waals surface area contributed by atoms with Crippen molar-refractivity contribution in [3.63, 3.8) is 0 Å². The summed E-state index contributed by atoms with van der Waals surface area (Å²) in [4.78, 5) is 0.0631. The Morgan fingerprint density at radius 3 is 2.54 bits per heavy atom. The lowest BCUT2D eigenvalue weighted by atomic mass is 9.94. The van der Waals surface area contributed by atoms with Crippen LogP contribution in [0.3, 0.4) is 0 Å². The zero-order chi connectivity index (χ0) is 25.4. The molecule has 0 radical (unpaired) electrons. The molecule has 3 aromatic rings. The van der Waals surface area contributed by atoms with Crippen LogP contribution in [0.15, 0.2) is 65.6 Å². The molecule has 1 heterocycles. The number of sulfonamides is 1. The van der Waals surface area contributed by atoms with Gasteiger partial charge in [0, 0.05) is 6.54 Å². The van der Waals surface area contributed by atoms with E-state index in [1.54, 1.807) is 12.1 Å². The van der Waals surface area contributed by atoms with E-state index in [1.807, 2.05) is 13.8 Å².